The van der Waals surface area contributed by atoms with E-state index in [1.54, 1.807) is 21.4 Å². The van der Waals surface area contributed by atoms with Crippen LogP contribution in [0.3, 0.4) is 0 Å². The molecule has 3 rings (SSSR count). The quantitative estimate of drug-likeness (QED) is 0.779. The summed E-state index contributed by atoms with van der Waals surface area (Å²) in [5.74, 6) is -0.139. The van der Waals surface area contributed by atoms with Crippen molar-refractivity contribution in [2.24, 2.45) is 0 Å². The molecular weight excluding hydrogens is 380 g/mol. The predicted octanol–water partition coefficient (Wildman–Crippen LogP) is 1.09. The van der Waals surface area contributed by atoms with Gasteiger partial charge in [0.1, 0.15) is 0 Å². The van der Waals surface area contributed by atoms with Gasteiger partial charge in [0.15, 0.2) is 5.13 Å². The molecule has 10 heteroatoms. The highest BCUT2D eigenvalue weighted by Crippen LogP contribution is 2.17. The Labute approximate surface area is 166 Å². The van der Waals surface area contributed by atoms with Crippen LogP contribution in [0.5, 0.6) is 0 Å². The maximum absolute atomic E-state index is 12.3. The largest absolute Gasteiger partial charge is 0.350 e. The molecular formula is C18H22N6O3S. The molecule has 148 valence electrons. The monoisotopic (exact) mass is 402 g/mol. The second-order valence-electron chi connectivity index (χ2n) is 6.34. The van der Waals surface area contributed by atoms with Crippen LogP contribution in [0.4, 0.5) is 9.93 Å². The van der Waals surface area contributed by atoms with Gasteiger partial charge in [-0.2, -0.15) is 0 Å². The Hall–Kier alpha value is -3.01. The van der Waals surface area contributed by atoms with Gasteiger partial charge in [0.05, 0.1) is 24.4 Å². The van der Waals surface area contributed by atoms with E-state index in [0.29, 0.717) is 43.5 Å². The number of nitrogens with one attached hydrogen (secondary N) is 2. The van der Waals surface area contributed by atoms with Crippen LogP contribution in [-0.2, 0) is 22.6 Å². The van der Waals surface area contributed by atoms with Gasteiger partial charge in [-0.05, 0) is 12.1 Å². The number of anilines is 1. The van der Waals surface area contributed by atoms with Crippen molar-refractivity contribution >= 4 is 34.3 Å². The smallest absolute Gasteiger partial charge is 0.323 e. The van der Waals surface area contributed by atoms with Gasteiger partial charge < -0.3 is 15.1 Å². The average molecular weight is 402 g/mol. The summed E-state index contributed by atoms with van der Waals surface area (Å²) in [6.45, 7) is 3.92. The lowest BCUT2D eigenvalue weighted by Gasteiger charge is -2.33. The Balaban J connectivity index is 1.44. The molecule has 28 heavy (non-hydrogen) atoms. The third-order valence-electron chi connectivity index (χ3n) is 4.31. The molecule has 9 nitrogen and oxygen atoms in total. The van der Waals surface area contributed by atoms with Gasteiger partial charge in [0.25, 0.3) is 0 Å². The van der Waals surface area contributed by atoms with Crippen molar-refractivity contribution in [1.29, 1.82) is 0 Å². The van der Waals surface area contributed by atoms with Crippen molar-refractivity contribution in [3.63, 3.8) is 0 Å². The fourth-order valence-corrected chi connectivity index (χ4v) is 3.46. The molecule has 2 N–H and O–H groups in total. The summed E-state index contributed by atoms with van der Waals surface area (Å²) >= 11 is 1.28. The molecule has 0 atom stereocenters. The maximum atomic E-state index is 12.3. The Kier molecular flexibility index (Phi) is 6.53. The standard InChI is InChI=1S/C18H22N6O3S/c1-13(25)23-6-8-24(9-7-23)18(27)22-17-21-15(12-28-17)10-16(26)20-11-14-4-2-3-5-19-14/h2-5,12H,6-11H2,1H3,(H,20,26)(H,21,22,27). The van der Waals surface area contributed by atoms with Gasteiger partial charge in [0.2, 0.25) is 11.8 Å². The summed E-state index contributed by atoms with van der Waals surface area (Å²) in [7, 11) is 0. The summed E-state index contributed by atoms with van der Waals surface area (Å²) in [6.07, 6.45) is 1.81. The van der Waals surface area contributed by atoms with Crippen LogP contribution in [0, 0.1) is 0 Å². The Morgan fingerprint density at radius 1 is 1.11 bits per heavy atom. The fourth-order valence-electron chi connectivity index (χ4n) is 2.76. The van der Waals surface area contributed by atoms with Gasteiger partial charge in [0, 0.05) is 44.7 Å². The van der Waals surface area contributed by atoms with Crippen LogP contribution < -0.4 is 10.6 Å². The number of carbonyl (C=O) groups is 3. The lowest BCUT2D eigenvalue weighted by molar-refractivity contribution is -0.130. The molecule has 0 spiro atoms. The SMILES string of the molecule is CC(=O)N1CCN(C(=O)Nc2nc(CC(=O)NCc3ccccn3)cs2)CC1. The Morgan fingerprint density at radius 3 is 2.54 bits per heavy atom. The summed E-state index contributed by atoms with van der Waals surface area (Å²) in [5.41, 5.74) is 1.38. The van der Waals surface area contributed by atoms with Crippen molar-refractivity contribution in [3.05, 3.63) is 41.2 Å². The Bertz CT molecular complexity index is 833. The maximum Gasteiger partial charge on any atom is 0.323 e. The van der Waals surface area contributed by atoms with Gasteiger partial charge in [-0.15, -0.1) is 11.3 Å². The molecule has 0 saturated carbocycles. The van der Waals surface area contributed by atoms with Gasteiger partial charge in [-0.3, -0.25) is 19.9 Å². The molecule has 0 aliphatic carbocycles. The number of rotatable bonds is 5. The van der Waals surface area contributed by atoms with Crippen molar-refractivity contribution in [2.45, 2.75) is 19.9 Å². The highest BCUT2D eigenvalue weighted by molar-refractivity contribution is 7.13. The molecule has 0 aromatic carbocycles. The first-order valence-corrected chi connectivity index (χ1v) is 9.81. The van der Waals surface area contributed by atoms with Gasteiger partial charge in [-0.1, -0.05) is 6.07 Å². The van der Waals surface area contributed by atoms with E-state index in [-0.39, 0.29) is 24.3 Å². The van der Waals surface area contributed by atoms with Gasteiger partial charge >= 0.3 is 6.03 Å². The minimum atomic E-state index is -0.247. The van der Waals surface area contributed by atoms with Crippen molar-refractivity contribution in [3.8, 4) is 0 Å². The molecule has 1 saturated heterocycles. The normalized spacial score (nSPS) is 13.9. The topological polar surface area (TPSA) is 108 Å². The number of urea groups is 1. The minimum Gasteiger partial charge on any atom is -0.350 e. The molecule has 3 heterocycles. The van der Waals surface area contributed by atoms with Crippen LogP contribution in [0.2, 0.25) is 0 Å². The van der Waals surface area contributed by atoms with Crippen LogP contribution in [0.15, 0.2) is 29.8 Å². The van der Waals surface area contributed by atoms with Crippen molar-refractivity contribution < 1.29 is 14.4 Å². The molecule has 1 fully saturated rings. The first-order chi connectivity index (χ1) is 13.5. The molecule has 1 aliphatic heterocycles. The molecule has 2 aromatic rings. The lowest BCUT2D eigenvalue weighted by Crippen LogP contribution is -2.51. The van der Waals surface area contributed by atoms with E-state index < -0.39 is 0 Å². The number of amides is 4. The number of piperazine rings is 1. The number of hydrogen-bond donors (Lipinski definition) is 2. The van der Waals surface area contributed by atoms with Crippen molar-refractivity contribution in [2.75, 3.05) is 31.5 Å². The summed E-state index contributed by atoms with van der Waals surface area (Å²) in [5, 5.41) is 7.76. The summed E-state index contributed by atoms with van der Waals surface area (Å²) in [4.78, 5) is 47.5. The summed E-state index contributed by atoms with van der Waals surface area (Å²) in [6, 6.07) is 5.28. The van der Waals surface area contributed by atoms with E-state index in [1.807, 2.05) is 18.2 Å². The molecule has 0 bridgehead atoms. The highest BCUT2D eigenvalue weighted by Gasteiger charge is 2.23. The van der Waals surface area contributed by atoms with E-state index in [1.165, 1.54) is 18.3 Å². The zero-order chi connectivity index (χ0) is 19.9. The highest BCUT2D eigenvalue weighted by atomic mass is 32.1. The number of thiazole rings is 1. The summed E-state index contributed by atoms with van der Waals surface area (Å²) < 4.78 is 0. The van der Waals surface area contributed by atoms with Crippen LogP contribution in [-0.4, -0.2) is 63.8 Å². The minimum absolute atomic E-state index is 0.0194. The molecule has 0 radical (unpaired) electrons. The number of aromatic nitrogens is 2. The van der Waals surface area contributed by atoms with Gasteiger partial charge in [-0.25, -0.2) is 9.78 Å². The van der Waals surface area contributed by atoms with E-state index >= 15 is 0 Å². The predicted molar refractivity (Wildman–Crippen MR) is 105 cm³/mol. The lowest BCUT2D eigenvalue weighted by atomic mass is 10.3. The Morgan fingerprint density at radius 2 is 1.86 bits per heavy atom. The van der Waals surface area contributed by atoms with E-state index in [9.17, 15) is 14.4 Å². The van der Waals surface area contributed by atoms with Crippen LogP contribution in [0.1, 0.15) is 18.3 Å². The zero-order valence-corrected chi connectivity index (χ0v) is 16.4. The van der Waals surface area contributed by atoms with Crippen LogP contribution >= 0.6 is 11.3 Å². The number of hydrogen-bond acceptors (Lipinski definition) is 6. The zero-order valence-electron chi connectivity index (χ0n) is 15.6. The second-order valence-corrected chi connectivity index (χ2v) is 7.20. The van der Waals surface area contributed by atoms with E-state index in [2.05, 4.69) is 20.6 Å². The molecule has 4 amide bonds. The molecule has 1 aliphatic rings. The van der Waals surface area contributed by atoms with E-state index in [4.69, 9.17) is 0 Å². The van der Waals surface area contributed by atoms with Crippen LogP contribution in [0.25, 0.3) is 0 Å². The van der Waals surface area contributed by atoms with Crippen molar-refractivity contribution in [1.82, 2.24) is 25.1 Å². The third kappa shape index (κ3) is 5.49. The number of nitrogens with zero attached hydrogens (tertiary/aromatic N) is 4. The second kappa shape index (κ2) is 9.27. The average Bonchev–Trinajstić information content (AvgIpc) is 3.14. The number of carbonyl (C=O) groups excluding carboxylic acids is 3. The first kappa shape index (κ1) is 19.7. The molecule has 2 aromatic heterocycles. The van der Waals surface area contributed by atoms with E-state index in [0.717, 1.165) is 5.69 Å². The fraction of sp³-hybridized carbons (Fsp3) is 0.389. The number of pyridine rings is 1. The first-order valence-electron chi connectivity index (χ1n) is 8.93. The molecule has 0 unspecified atom stereocenters. The third-order valence-corrected chi connectivity index (χ3v) is 5.12.